The molecular formula is C27H26FN3O3. The lowest BCUT2D eigenvalue weighted by Crippen LogP contribution is -2.36. The second-order valence-electron chi connectivity index (χ2n) is 8.65. The summed E-state index contributed by atoms with van der Waals surface area (Å²) >= 11 is 0. The van der Waals surface area contributed by atoms with Crippen molar-refractivity contribution in [2.75, 3.05) is 20.2 Å². The fourth-order valence-corrected chi connectivity index (χ4v) is 4.77. The number of H-pyrrole nitrogens is 1. The maximum atomic E-state index is 14.8. The van der Waals surface area contributed by atoms with Gasteiger partial charge in [-0.3, -0.25) is 9.78 Å². The van der Waals surface area contributed by atoms with E-state index >= 15 is 0 Å². The molecule has 0 spiro atoms. The van der Waals surface area contributed by atoms with Gasteiger partial charge >= 0.3 is 0 Å². The van der Waals surface area contributed by atoms with E-state index in [4.69, 9.17) is 9.47 Å². The van der Waals surface area contributed by atoms with Crippen molar-refractivity contribution in [1.29, 1.82) is 0 Å². The Morgan fingerprint density at radius 3 is 2.71 bits per heavy atom. The highest BCUT2D eigenvalue weighted by Gasteiger charge is 2.26. The molecule has 6 nitrogen and oxygen atoms in total. The van der Waals surface area contributed by atoms with Crippen LogP contribution in [0.1, 0.15) is 30.0 Å². The minimum absolute atomic E-state index is 0.0413. The second-order valence-corrected chi connectivity index (χ2v) is 8.65. The number of fused-ring (bicyclic) bond motifs is 2. The number of amides is 1. The molecule has 7 heteroatoms. The molecule has 0 saturated carbocycles. The molecule has 2 aromatic heterocycles. The highest BCUT2D eigenvalue weighted by atomic mass is 19.1. The summed E-state index contributed by atoms with van der Waals surface area (Å²) in [6, 6.07) is 10.8. The van der Waals surface area contributed by atoms with Gasteiger partial charge in [-0.2, -0.15) is 0 Å². The number of carbonyl (C=O) groups is 1. The van der Waals surface area contributed by atoms with Crippen LogP contribution in [0.3, 0.4) is 0 Å². The van der Waals surface area contributed by atoms with Gasteiger partial charge in [-0.15, -0.1) is 0 Å². The third-order valence-electron chi connectivity index (χ3n) is 6.50. The molecule has 0 aliphatic carbocycles. The number of ether oxygens (including phenoxy) is 2. The maximum Gasteiger partial charge on any atom is 0.245 e. The van der Waals surface area contributed by atoms with E-state index in [0.717, 1.165) is 46.1 Å². The number of halogens is 1. The summed E-state index contributed by atoms with van der Waals surface area (Å²) in [5, 5.41) is 1.67. The first-order chi connectivity index (χ1) is 16.5. The summed E-state index contributed by atoms with van der Waals surface area (Å²) in [7, 11) is 1.64. The van der Waals surface area contributed by atoms with E-state index in [9.17, 15) is 9.18 Å². The lowest BCUT2D eigenvalue weighted by molar-refractivity contribution is -0.127. The Balaban J connectivity index is 1.51. The molecule has 0 unspecified atom stereocenters. The second kappa shape index (κ2) is 8.82. The van der Waals surface area contributed by atoms with Crippen LogP contribution < -0.4 is 9.47 Å². The first-order valence-electron chi connectivity index (χ1n) is 11.3. The van der Waals surface area contributed by atoms with Gasteiger partial charge in [0.05, 0.1) is 12.6 Å². The first kappa shape index (κ1) is 21.9. The van der Waals surface area contributed by atoms with Gasteiger partial charge in [0, 0.05) is 53.4 Å². The Morgan fingerprint density at radius 1 is 1.18 bits per heavy atom. The molecule has 1 amide bonds. The van der Waals surface area contributed by atoms with Gasteiger partial charge in [0.25, 0.3) is 0 Å². The molecule has 1 fully saturated rings. The van der Waals surface area contributed by atoms with Gasteiger partial charge in [0.15, 0.2) is 11.6 Å². The number of nitrogens with one attached hydrogen (secondary N) is 1. The largest absolute Gasteiger partial charge is 0.496 e. The van der Waals surface area contributed by atoms with Crippen LogP contribution in [0.15, 0.2) is 55.3 Å². The molecule has 0 bridgehead atoms. The van der Waals surface area contributed by atoms with Crippen molar-refractivity contribution >= 4 is 27.7 Å². The monoisotopic (exact) mass is 459 g/mol. The zero-order valence-corrected chi connectivity index (χ0v) is 19.2. The van der Waals surface area contributed by atoms with Crippen LogP contribution in [0.2, 0.25) is 0 Å². The molecule has 1 saturated heterocycles. The predicted octanol–water partition coefficient (Wildman–Crippen LogP) is 5.86. The van der Waals surface area contributed by atoms with Crippen LogP contribution in [0.4, 0.5) is 4.39 Å². The van der Waals surface area contributed by atoms with Crippen molar-refractivity contribution in [3.63, 3.8) is 0 Å². The molecule has 3 heterocycles. The molecule has 0 radical (unpaired) electrons. The Morgan fingerprint density at radius 2 is 1.97 bits per heavy atom. The first-order valence-corrected chi connectivity index (χ1v) is 11.3. The lowest BCUT2D eigenvalue weighted by atomic mass is 9.87. The number of nitrogens with zero attached hydrogens (tertiary/aromatic N) is 2. The zero-order chi connectivity index (χ0) is 23.8. The van der Waals surface area contributed by atoms with Crippen LogP contribution in [0.25, 0.3) is 21.8 Å². The number of pyridine rings is 1. The number of piperidine rings is 1. The Kier molecular flexibility index (Phi) is 5.69. The maximum absolute atomic E-state index is 14.8. The number of aromatic amines is 1. The quantitative estimate of drug-likeness (QED) is 0.380. The van der Waals surface area contributed by atoms with Gasteiger partial charge in [-0.1, -0.05) is 6.58 Å². The highest BCUT2D eigenvalue weighted by Crippen LogP contribution is 2.40. The molecule has 1 aliphatic heterocycles. The number of rotatable bonds is 5. The molecule has 34 heavy (non-hydrogen) atoms. The van der Waals surface area contributed by atoms with Crippen molar-refractivity contribution < 1.29 is 18.7 Å². The lowest BCUT2D eigenvalue weighted by Gasteiger charge is -2.32. The van der Waals surface area contributed by atoms with Gasteiger partial charge in [-0.05, 0) is 61.6 Å². The smallest absolute Gasteiger partial charge is 0.245 e. The van der Waals surface area contributed by atoms with Crippen molar-refractivity contribution in [1.82, 2.24) is 14.9 Å². The Hall–Kier alpha value is -3.87. The summed E-state index contributed by atoms with van der Waals surface area (Å²) in [5.74, 6) is 1.18. The van der Waals surface area contributed by atoms with Crippen LogP contribution >= 0.6 is 0 Å². The minimum Gasteiger partial charge on any atom is -0.496 e. The number of carbonyl (C=O) groups excluding carboxylic acids is 1. The highest BCUT2D eigenvalue weighted by molar-refractivity contribution is 5.89. The molecule has 2 aromatic carbocycles. The molecule has 4 aromatic rings. The molecular weight excluding hydrogens is 433 g/mol. The molecule has 0 atom stereocenters. The summed E-state index contributed by atoms with van der Waals surface area (Å²) < 4.78 is 26.6. The fraction of sp³-hybridized carbons (Fsp3) is 0.259. The van der Waals surface area contributed by atoms with E-state index in [1.165, 1.54) is 12.1 Å². The standard InChI is InChI=1S/C27H26FN3O3/c1-4-27(32)31-9-6-17(7-10-31)19-13-20-23(15-25(19)33-3)29-8-5-24(20)34-26-12-18-11-16(2)30-22(18)14-21(26)28/h4-5,8,11-15,17,30H,1,6-7,9-10H2,2-3H3. The number of hydrogen-bond acceptors (Lipinski definition) is 4. The molecule has 5 rings (SSSR count). The molecule has 1 N–H and O–H groups in total. The summed E-state index contributed by atoms with van der Waals surface area (Å²) in [5.41, 5.74) is 3.43. The van der Waals surface area contributed by atoms with Crippen molar-refractivity contribution in [2.45, 2.75) is 25.7 Å². The van der Waals surface area contributed by atoms with Crippen LogP contribution in [0.5, 0.6) is 17.2 Å². The van der Waals surface area contributed by atoms with Crippen molar-refractivity contribution in [2.24, 2.45) is 0 Å². The third-order valence-corrected chi connectivity index (χ3v) is 6.50. The average molecular weight is 460 g/mol. The van der Waals surface area contributed by atoms with Gasteiger partial charge in [0.2, 0.25) is 5.91 Å². The average Bonchev–Trinajstić information content (AvgIpc) is 3.21. The number of aromatic nitrogens is 2. The minimum atomic E-state index is -0.438. The third kappa shape index (κ3) is 3.98. The number of methoxy groups -OCH3 is 1. The number of hydrogen-bond donors (Lipinski definition) is 1. The molecule has 1 aliphatic rings. The number of aryl methyl sites for hydroxylation is 1. The topological polar surface area (TPSA) is 67.5 Å². The van der Waals surface area contributed by atoms with E-state index in [0.29, 0.717) is 24.4 Å². The number of likely N-dealkylation sites (tertiary alicyclic amines) is 1. The van der Waals surface area contributed by atoms with Gasteiger partial charge in [-0.25, -0.2) is 4.39 Å². The van der Waals surface area contributed by atoms with Crippen LogP contribution in [-0.4, -0.2) is 41.0 Å². The zero-order valence-electron chi connectivity index (χ0n) is 19.2. The van der Waals surface area contributed by atoms with E-state index in [2.05, 4.69) is 16.5 Å². The number of benzene rings is 2. The van der Waals surface area contributed by atoms with Gasteiger partial charge in [0.1, 0.15) is 11.5 Å². The fourth-order valence-electron chi connectivity index (χ4n) is 4.77. The normalized spacial score (nSPS) is 14.5. The van der Waals surface area contributed by atoms with Crippen molar-refractivity contribution in [3.8, 4) is 17.2 Å². The van der Waals surface area contributed by atoms with Gasteiger partial charge < -0.3 is 19.4 Å². The molecule has 174 valence electrons. The van der Waals surface area contributed by atoms with E-state index in [-0.39, 0.29) is 17.6 Å². The SMILES string of the molecule is C=CC(=O)N1CCC(c2cc3c(Oc4cc5cc(C)[nH]c5cc4F)ccnc3cc2OC)CC1. The predicted molar refractivity (Wildman–Crippen MR) is 130 cm³/mol. The Labute approximate surface area is 197 Å². The van der Waals surface area contributed by atoms with Crippen molar-refractivity contribution in [3.05, 3.63) is 72.3 Å². The van der Waals surface area contributed by atoms with Crippen LogP contribution in [-0.2, 0) is 4.79 Å². The summed E-state index contributed by atoms with van der Waals surface area (Å²) in [6.45, 7) is 6.84. The van der Waals surface area contributed by atoms with E-state index in [1.54, 1.807) is 25.4 Å². The Bertz CT molecular complexity index is 1400. The summed E-state index contributed by atoms with van der Waals surface area (Å²) in [6.07, 6.45) is 4.64. The van der Waals surface area contributed by atoms with E-state index < -0.39 is 5.82 Å². The van der Waals surface area contributed by atoms with E-state index in [1.807, 2.05) is 30.0 Å². The summed E-state index contributed by atoms with van der Waals surface area (Å²) in [4.78, 5) is 21.4. The van der Waals surface area contributed by atoms with Crippen LogP contribution in [0, 0.1) is 12.7 Å².